The fourth-order valence-corrected chi connectivity index (χ4v) is 2.82. The zero-order valence-corrected chi connectivity index (χ0v) is 7.90. The van der Waals surface area contributed by atoms with E-state index < -0.39 is 5.97 Å². The quantitative estimate of drug-likeness (QED) is 0.672. The Labute approximate surface area is 78.1 Å². The largest absolute Gasteiger partial charge is 0.481 e. The Bertz CT molecular complexity index is 212. The van der Waals surface area contributed by atoms with Crippen molar-refractivity contribution in [2.75, 3.05) is 6.61 Å². The standard InChI is InChI=1S/C10H16O3/c1-6-5-13-8-4-2-3-7(9(6)8)10(11)12/h6-9H,2-5H2,1H3,(H,11,12)/t6-,7-,8+,9-/m1/s1. The van der Waals surface area contributed by atoms with Crippen LogP contribution in [0, 0.1) is 17.8 Å². The Balaban J connectivity index is 2.14. The summed E-state index contributed by atoms with van der Waals surface area (Å²) < 4.78 is 5.59. The Hall–Kier alpha value is -0.570. The Morgan fingerprint density at radius 1 is 1.46 bits per heavy atom. The molecule has 2 rings (SSSR count). The first-order valence-corrected chi connectivity index (χ1v) is 5.04. The molecule has 2 fully saturated rings. The summed E-state index contributed by atoms with van der Waals surface area (Å²) in [4.78, 5) is 11.0. The Morgan fingerprint density at radius 3 is 2.92 bits per heavy atom. The highest BCUT2D eigenvalue weighted by Gasteiger charge is 2.44. The summed E-state index contributed by atoms with van der Waals surface area (Å²) in [5.41, 5.74) is 0. The molecular weight excluding hydrogens is 168 g/mol. The molecule has 3 nitrogen and oxygen atoms in total. The molecule has 0 aromatic rings. The number of carboxylic acids is 1. The number of rotatable bonds is 1. The SMILES string of the molecule is C[C@@H]1CO[C@H]2CCC[C@@H](C(=O)O)[C@@H]12. The summed E-state index contributed by atoms with van der Waals surface area (Å²) in [5, 5.41) is 9.05. The van der Waals surface area contributed by atoms with Crippen LogP contribution >= 0.6 is 0 Å². The van der Waals surface area contributed by atoms with Crippen molar-refractivity contribution in [1.29, 1.82) is 0 Å². The lowest BCUT2D eigenvalue weighted by Gasteiger charge is -2.31. The number of hydrogen-bond donors (Lipinski definition) is 1. The molecule has 1 N–H and O–H groups in total. The van der Waals surface area contributed by atoms with Gasteiger partial charge in [0.1, 0.15) is 0 Å². The van der Waals surface area contributed by atoms with Gasteiger partial charge in [0, 0.05) is 12.5 Å². The Kier molecular flexibility index (Phi) is 2.28. The van der Waals surface area contributed by atoms with E-state index in [0.29, 0.717) is 5.92 Å². The zero-order chi connectivity index (χ0) is 9.42. The molecule has 1 saturated carbocycles. The van der Waals surface area contributed by atoms with Gasteiger partial charge < -0.3 is 9.84 Å². The third-order valence-corrected chi connectivity index (χ3v) is 3.45. The van der Waals surface area contributed by atoms with Crippen molar-refractivity contribution in [3.8, 4) is 0 Å². The molecule has 3 heteroatoms. The van der Waals surface area contributed by atoms with Crippen molar-refractivity contribution in [3.05, 3.63) is 0 Å². The van der Waals surface area contributed by atoms with Gasteiger partial charge in [-0.15, -0.1) is 0 Å². The van der Waals surface area contributed by atoms with Gasteiger partial charge >= 0.3 is 5.97 Å². The Morgan fingerprint density at radius 2 is 2.23 bits per heavy atom. The highest BCUT2D eigenvalue weighted by atomic mass is 16.5. The summed E-state index contributed by atoms with van der Waals surface area (Å²) >= 11 is 0. The molecule has 74 valence electrons. The minimum Gasteiger partial charge on any atom is -0.481 e. The molecule has 13 heavy (non-hydrogen) atoms. The van der Waals surface area contributed by atoms with Gasteiger partial charge in [0.25, 0.3) is 0 Å². The second-order valence-corrected chi connectivity index (χ2v) is 4.30. The smallest absolute Gasteiger partial charge is 0.306 e. The normalized spacial score (nSPS) is 44.4. The van der Waals surface area contributed by atoms with Crippen molar-refractivity contribution in [3.63, 3.8) is 0 Å². The summed E-state index contributed by atoms with van der Waals surface area (Å²) in [5.74, 6) is -0.0963. The van der Waals surface area contributed by atoms with Gasteiger partial charge in [-0.1, -0.05) is 6.92 Å². The minimum atomic E-state index is -0.632. The lowest BCUT2D eigenvalue weighted by Crippen LogP contribution is -2.36. The van der Waals surface area contributed by atoms with Gasteiger partial charge in [-0.2, -0.15) is 0 Å². The number of fused-ring (bicyclic) bond motifs is 1. The first-order chi connectivity index (χ1) is 6.20. The molecule has 4 atom stereocenters. The van der Waals surface area contributed by atoms with Gasteiger partial charge in [-0.05, 0) is 25.2 Å². The molecule has 0 unspecified atom stereocenters. The molecule has 0 aromatic carbocycles. The molecule has 0 radical (unpaired) electrons. The maximum atomic E-state index is 11.0. The van der Waals surface area contributed by atoms with Crippen LogP contribution in [0.15, 0.2) is 0 Å². The molecule has 1 saturated heterocycles. The van der Waals surface area contributed by atoms with E-state index in [4.69, 9.17) is 9.84 Å². The van der Waals surface area contributed by atoms with E-state index in [9.17, 15) is 4.79 Å². The van der Waals surface area contributed by atoms with Crippen molar-refractivity contribution in [2.24, 2.45) is 17.8 Å². The van der Waals surface area contributed by atoms with E-state index >= 15 is 0 Å². The van der Waals surface area contributed by atoms with Gasteiger partial charge in [-0.3, -0.25) is 4.79 Å². The zero-order valence-electron chi connectivity index (χ0n) is 7.90. The third kappa shape index (κ3) is 1.46. The molecule has 0 aromatic heterocycles. The van der Waals surface area contributed by atoms with E-state index in [1.807, 2.05) is 0 Å². The summed E-state index contributed by atoms with van der Waals surface area (Å²) in [6.45, 7) is 2.85. The summed E-state index contributed by atoms with van der Waals surface area (Å²) in [6.07, 6.45) is 3.12. The van der Waals surface area contributed by atoms with E-state index in [-0.39, 0.29) is 17.9 Å². The number of ether oxygens (including phenoxy) is 1. The second-order valence-electron chi connectivity index (χ2n) is 4.30. The third-order valence-electron chi connectivity index (χ3n) is 3.45. The molecular formula is C10H16O3. The number of carbonyl (C=O) groups is 1. The lowest BCUT2D eigenvalue weighted by atomic mass is 9.73. The van der Waals surface area contributed by atoms with Crippen molar-refractivity contribution in [2.45, 2.75) is 32.3 Å². The maximum Gasteiger partial charge on any atom is 0.306 e. The average Bonchev–Trinajstić information content (AvgIpc) is 2.48. The highest BCUT2D eigenvalue weighted by molar-refractivity contribution is 5.70. The van der Waals surface area contributed by atoms with Gasteiger partial charge in [0.05, 0.1) is 12.0 Å². The van der Waals surface area contributed by atoms with Crippen molar-refractivity contribution in [1.82, 2.24) is 0 Å². The van der Waals surface area contributed by atoms with E-state index in [0.717, 1.165) is 25.9 Å². The number of aliphatic carboxylic acids is 1. The van der Waals surface area contributed by atoms with Gasteiger partial charge in [0.2, 0.25) is 0 Å². The topological polar surface area (TPSA) is 46.5 Å². The van der Waals surface area contributed by atoms with E-state index in [1.165, 1.54) is 0 Å². The first-order valence-electron chi connectivity index (χ1n) is 5.04. The fourth-order valence-electron chi connectivity index (χ4n) is 2.82. The van der Waals surface area contributed by atoms with Crippen molar-refractivity contribution >= 4 is 5.97 Å². The van der Waals surface area contributed by atoms with Crippen LogP contribution in [0.1, 0.15) is 26.2 Å². The molecule has 1 aliphatic heterocycles. The van der Waals surface area contributed by atoms with Crippen LogP contribution in [0.25, 0.3) is 0 Å². The van der Waals surface area contributed by atoms with Gasteiger partial charge in [0.15, 0.2) is 0 Å². The predicted molar refractivity (Wildman–Crippen MR) is 47.4 cm³/mol. The monoisotopic (exact) mass is 184 g/mol. The number of hydrogen-bond acceptors (Lipinski definition) is 2. The van der Waals surface area contributed by atoms with E-state index in [1.54, 1.807) is 0 Å². The van der Waals surface area contributed by atoms with Crippen LogP contribution in [-0.4, -0.2) is 23.8 Å². The molecule has 0 amide bonds. The van der Waals surface area contributed by atoms with E-state index in [2.05, 4.69) is 6.92 Å². The minimum absolute atomic E-state index is 0.156. The average molecular weight is 184 g/mol. The van der Waals surface area contributed by atoms with Crippen LogP contribution < -0.4 is 0 Å². The lowest BCUT2D eigenvalue weighted by molar-refractivity contribution is -0.146. The van der Waals surface area contributed by atoms with Crippen molar-refractivity contribution < 1.29 is 14.6 Å². The molecule has 0 spiro atoms. The van der Waals surface area contributed by atoms with Crippen LogP contribution in [0.2, 0.25) is 0 Å². The number of carboxylic acid groups (broad SMARTS) is 1. The highest BCUT2D eigenvalue weighted by Crippen LogP contribution is 2.41. The summed E-state index contributed by atoms with van der Waals surface area (Å²) in [7, 11) is 0. The fraction of sp³-hybridized carbons (Fsp3) is 0.900. The summed E-state index contributed by atoms with van der Waals surface area (Å²) in [6, 6.07) is 0. The maximum absolute atomic E-state index is 11.0. The molecule has 1 aliphatic carbocycles. The van der Waals surface area contributed by atoms with Crippen LogP contribution in [-0.2, 0) is 9.53 Å². The first kappa shape index (κ1) is 9.00. The molecule has 1 heterocycles. The van der Waals surface area contributed by atoms with Crippen LogP contribution in [0.3, 0.4) is 0 Å². The second kappa shape index (κ2) is 3.29. The molecule has 0 bridgehead atoms. The van der Waals surface area contributed by atoms with Crippen LogP contribution in [0.5, 0.6) is 0 Å². The van der Waals surface area contributed by atoms with Gasteiger partial charge in [-0.25, -0.2) is 0 Å². The van der Waals surface area contributed by atoms with Crippen LogP contribution in [0.4, 0.5) is 0 Å². The predicted octanol–water partition coefficient (Wildman–Crippen LogP) is 1.52. The molecule has 2 aliphatic rings.